The van der Waals surface area contributed by atoms with E-state index in [0.29, 0.717) is 18.6 Å². The maximum absolute atomic E-state index is 14.2. The smallest absolute Gasteiger partial charge is 0.274 e. The maximum Gasteiger partial charge on any atom is 0.274 e. The minimum atomic E-state index is -0.652. The van der Waals surface area contributed by atoms with Crippen molar-refractivity contribution in [2.24, 2.45) is 0 Å². The molecule has 0 aliphatic rings. The van der Waals surface area contributed by atoms with Gasteiger partial charge in [0.05, 0.1) is 0 Å². The minimum Gasteiger partial charge on any atom is -0.466 e. The van der Waals surface area contributed by atoms with E-state index in [1.165, 1.54) is 4.40 Å². The van der Waals surface area contributed by atoms with Crippen molar-refractivity contribution in [1.82, 2.24) is 14.7 Å². The van der Waals surface area contributed by atoms with Gasteiger partial charge in [-0.25, -0.2) is 4.98 Å². The number of aromatic nitrogens is 2. The third-order valence-electron chi connectivity index (χ3n) is 3.39. The van der Waals surface area contributed by atoms with Crippen LogP contribution in [0.15, 0.2) is 34.9 Å². The molecule has 3 aromatic rings. The zero-order chi connectivity index (χ0) is 15.7. The van der Waals surface area contributed by atoms with Crippen LogP contribution < -0.4 is 5.32 Å². The maximum atomic E-state index is 14.2. The number of nitrogens with zero attached hydrogens (tertiary/aromatic N) is 2. The number of carbonyl (C=O) groups excluding carboxylic acids is 1. The first kappa shape index (κ1) is 14.3. The number of nitrogens with one attached hydrogen (secondary N) is 1. The van der Waals surface area contributed by atoms with Crippen molar-refractivity contribution in [3.63, 3.8) is 0 Å². The Morgan fingerprint density at radius 3 is 2.91 bits per heavy atom. The summed E-state index contributed by atoms with van der Waals surface area (Å²) in [6.45, 7) is 4.10. The molecule has 0 saturated heterocycles. The molecule has 0 aliphatic heterocycles. The summed E-state index contributed by atoms with van der Waals surface area (Å²) in [6.07, 6.45) is 2.11. The van der Waals surface area contributed by atoms with E-state index in [-0.39, 0.29) is 5.69 Å². The van der Waals surface area contributed by atoms with E-state index < -0.39 is 11.9 Å². The van der Waals surface area contributed by atoms with Crippen LogP contribution >= 0.6 is 0 Å². The monoisotopic (exact) mass is 301 g/mol. The van der Waals surface area contributed by atoms with Crippen LogP contribution in [0.25, 0.3) is 5.65 Å². The third-order valence-corrected chi connectivity index (χ3v) is 3.39. The summed E-state index contributed by atoms with van der Waals surface area (Å²) in [5, 5.41) is 2.66. The number of fused-ring (bicyclic) bond motifs is 1. The molecule has 6 heteroatoms. The van der Waals surface area contributed by atoms with Gasteiger partial charge in [-0.1, -0.05) is 0 Å². The van der Waals surface area contributed by atoms with Crippen molar-refractivity contribution in [1.29, 1.82) is 0 Å². The molecule has 5 nitrogen and oxygen atoms in total. The summed E-state index contributed by atoms with van der Waals surface area (Å²) < 4.78 is 20.9. The van der Waals surface area contributed by atoms with Gasteiger partial charge < -0.3 is 9.73 Å². The van der Waals surface area contributed by atoms with Gasteiger partial charge in [0.1, 0.15) is 17.2 Å². The van der Waals surface area contributed by atoms with Crippen molar-refractivity contribution in [2.45, 2.75) is 20.3 Å². The highest BCUT2D eigenvalue weighted by Gasteiger charge is 2.18. The fraction of sp³-hybridized carbons (Fsp3) is 0.250. The molecule has 114 valence electrons. The Morgan fingerprint density at radius 1 is 1.36 bits per heavy atom. The first-order valence-electron chi connectivity index (χ1n) is 7.02. The summed E-state index contributed by atoms with van der Waals surface area (Å²) in [4.78, 5) is 16.1. The van der Waals surface area contributed by atoms with Gasteiger partial charge in [-0.2, -0.15) is 4.39 Å². The molecule has 3 rings (SSSR count). The summed E-state index contributed by atoms with van der Waals surface area (Å²) in [7, 11) is 0. The molecular formula is C16H16FN3O2. The average Bonchev–Trinajstić information content (AvgIpc) is 3.03. The van der Waals surface area contributed by atoms with E-state index in [1.807, 2.05) is 26.0 Å². The van der Waals surface area contributed by atoms with Gasteiger partial charge in [0.15, 0.2) is 5.69 Å². The summed E-state index contributed by atoms with van der Waals surface area (Å²) >= 11 is 0. The number of hydrogen-bond acceptors (Lipinski definition) is 3. The number of aryl methyl sites for hydroxylation is 2. The van der Waals surface area contributed by atoms with Crippen molar-refractivity contribution >= 4 is 11.6 Å². The molecule has 0 bridgehead atoms. The third kappa shape index (κ3) is 2.72. The quantitative estimate of drug-likeness (QED) is 0.806. The zero-order valence-electron chi connectivity index (χ0n) is 12.4. The molecule has 0 unspecified atom stereocenters. The molecule has 1 N–H and O–H groups in total. The highest BCUT2D eigenvalue weighted by atomic mass is 19.1. The lowest BCUT2D eigenvalue weighted by molar-refractivity contribution is 0.0944. The number of furan rings is 1. The number of hydrogen-bond donors (Lipinski definition) is 1. The molecule has 0 spiro atoms. The normalized spacial score (nSPS) is 11.0. The summed E-state index contributed by atoms with van der Waals surface area (Å²) in [5.74, 6) is 0.426. The average molecular weight is 301 g/mol. The minimum absolute atomic E-state index is 0.193. The molecule has 0 fully saturated rings. The van der Waals surface area contributed by atoms with Crippen LogP contribution in [0.5, 0.6) is 0 Å². The van der Waals surface area contributed by atoms with Crippen LogP contribution in [0.1, 0.15) is 27.6 Å². The lowest BCUT2D eigenvalue weighted by atomic mass is 10.3. The Morgan fingerprint density at radius 2 is 2.18 bits per heavy atom. The molecule has 0 aliphatic carbocycles. The van der Waals surface area contributed by atoms with Crippen LogP contribution in [0.2, 0.25) is 0 Å². The Bertz CT molecular complexity index is 835. The fourth-order valence-corrected chi connectivity index (χ4v) is 2.26. The van der Waals surface area contributed by atoms with Crippen LogP contribution in [0.4, 0.5) is 4.39 Å². The van der Waals surface area contributed by atoms with Gasteiger partial charge >= 0.3 is 0 Å². The molecule has 0 atom stereocenters. The van der Waals surface area contributed by atoms with Gasteiger partial charge in [0.25, 0.3) is 5.91 Å². The second kappa shape index (κ2) is 5.63. The molecule has 22 heavy (non-hydrogen) atoms. The van der Waals surface area contributed by atoms with Crippen LogP contribution in [0.3, 0.4) is 0 Å². The lowest BCUT2D eigenvalue weighted by Crippen LogP contribution is -2.26. The molecule has 0 saturated carbocycles. The predicted molar refractivity (Wildman–Crippen MR) is 79.4 cm³/mol. The number of carbonyl (C=O) groups is 1. The molecular weight excluding hydrogens is 285 g/mol. The first-order valence-corrected chi connectivity index (χ1v) is 7.02. The van der Waals surface area contributed by atoms with Gasteiger partial charge in [-0.15, -0.1) is 0 Å². The summed E-state index contributed by atoms with van der Waals surface area (Å²) in [5.41, 5.74) is 1.18. The van der Waals surface area contributed by atoms with Crippen molar-refractivity contribution in [2.75, 3.05) is 6.54 Å². The van der Waals surface area contributed by atoms with Crippen LogP contribution in [-0.4, -0.2) is 21.8 Å². The van der Waals surface area contributed by atoms with Crippen LogP contribution in [-0.2, 0) is 6.42 Å². The Kier molecular flexibility index (Phi) is 3.66. The van der Waals surface area contributed by atoms with Gasteiger partial charge in [0.2, 0.25) is 5.95 Å². The number of halogens is 1. The molecule has 0 radical (unpaired) electrons. The van der Waals surface area contributed by atoms with Crippen molar-refractivity contribution < 1.29 is 13.6 Å². The van der Waals surface area contributed by atoms with Crippen molar-refractivity contribution in [3.8, 4) is 0 Å². The molecule has 1 amide bonds. The molecule has 3 heterocycles. The predicted octanol–water partition coefficient (Wildman–Crippen LogP) is 2.66. The SMILES string of the molecule is Cc1ccn2c(F)c(C(=O)NCCc3ccc(C)o3)nc2c1. The molecule has 3 aromatic heterocycles. The first-order chi connectivity index (χ1) is 10.5. The molecule has 0 aromatic carbocycles. The van der Waals surface area contributed by atoms with Crippen LogP contribution in [0, 0.1) is 19.8 Å². The second-order valence-corrected chi connectivity index (χ2v) is 5.20. The zero-order valence-corrected chi connectivity index (χ0v) is 12.4. The van der Waals surface area contributed by atoms with Crippen molar-refractivity contribution in [3.05, 3.63) is 59.2 Å². The topological polar surface area (TPSA) is 59.5 Å². The van der Waals surface area contributed by atoms with E-state index in [0.717, 1.165) is 17.1 Å². The second-order valence-electron chi connectivity index (χ2n) is 5.20. The number of amides is 1. The number of imidazole rings is 1. The Hall–Kier alpha value is -2.63. The Balaban J connectivity index is 1.70. The van der Waals surface area contributed by atoms with E-state index in [9.17, 15) is 9.18 Å². The highest BCUT2D eigenvalue weighted by molar-refractivity contribution is 5.93. The number of rotatable bonds is 4. The summed E-state index contributed by atoms with van der Waals surface area (Å²) in [6, 6.07) is 7.21. The highest BCUT2D eigenvalue weighted by Crippen LogP contribution is 2.13. The number of pyridine rings is 1. The standard InChI is InChI=1S/C16H16FN3O2/c1-10-6-8-20-13(9-10)19-14(15(20)17)16(21)18-7-5-12-4-3-11(2)22-12/h3-4,6,8-9H,5,7H2,1-2H3,(H,18,21). The Labute approximate surface area is 126 Å². The largest absolute Gasteiger partial charge is 0.466 e. The lowest BCUT2D eigenvalue weighted by Gasteiger charge is -2.01. The van der Waals surface area contributed by atoms with Gasteiger partial charge in [-0.3, -0.25) is 9.20 Å². The van der Waals surface area contributed by atoms with E-state index >= 15 is 0 Å². The van der Waals surface area contributed by atoms with Gasteiger partial charge in [0, 0.05) is 19.2 Å². The van der Waals surface area contributed by atoms with E-state index in [2.05, 4.69) is 10.3 Å². The van der Waals surface area contributed by atoms with Gasteiger partial charge in [-0.05, 0) is 43.7 Å². The fourth-order valence-electron chi connectivity index (χ4n) is 2.26. The van der Waals surface area contributed by atoms with E-state index in [4.69, 9.17) is 4.42 Å². The van der Waals surface area contributed by atoms with E-state index in [1.54, 1.807) is 18.3 Å².